The molecule has 0 aromatic rings. The van der Waals surface area contributed by atoms with Gasteiger partial charge in [-0.15, -0.1) is 0 Å². The van der Waals surface area contributed by atoms with E-state index in [9.17, 15) is 13.2 Å². The number of hydrogen-bond donors (Lipinski definition) is 1. The number of halogens is 3. The van der Waals surface area contributed by atoms with E-state index in [-0.39, 0.29) is 24.2 Å². The minimum Gasteiger partial charge on any atom is -0.304 e. The van der Waals surface area contributed by atoms with Gasteiger partial charge in [0.1, 0.15) is 5.54 Å². The summed E-state index contributed by atoms with van der Waals surface area (Å²) in [6.45, 7) is 8.14. The second kappa shape index (κ2) is 4.79. The van der Waals surface area contributed by atoms with Gasteiger partial charge in [0.15, 0.2) is 0 Å². The number of hydrogen-bond acceptors (Lipinski definition) is 1. The SMILES string of the molecule is CCCNC1(C(F)(F)F)CC(C)CC(C)(C)C1. The molecule has 0 radical (unpaired) electrons. The van der Waals surface area contributed by atoms with Crippen molar-refractivity contribution in [1.82, 2.24) is 5.32 Å². The van der Waals surface area contributed by atoms with E-state index in [1.807, 2.05) is 27.7 Å². The summed E-state index contributed by atoms with van der Waals surface area (Å²) in [6, 6.07) is 0. The second-order valence-electron chi connectivity index (χ2n) is 6.36. The molecule has 1 nitrogen and oxygen atoms in total. The fourth-order valence-electron chi connectivity index (χ4n) is 3.39. The average molecular weight is 251 g/mol. The van der Waals surface area contributed by atoms with Crippen molar-refractivity contribution in [2.45, 2.75) is 65.1 Å². The van der Waals surface area contributed by atoms with E-state index >= 15 is 0 Å². The van der Waals surface area contributed by atoms with Crippen molar-refractivity contribution < 1.29 is 13.2 Å². The van der Waals surface area contributed by atoms with Crippen molar-refractivity contribution in [3.8, 4) is 0 Å². The quantitative estimate of drug-likeness (QED) is 0.795. The van der Waals surface area contributed by atoms with Gasteiger partial charge < -0.3 is 5.32 Å². The van der Waals surface area contributed by atoms with E-state index in [0.717, 1.165) is 12.8 Å². The Bertz CT molecular complexity index is 260. The van der Waals surface area contributed by atoms with Crippen molar-refractivity contribution in [2.24, 2.45) is 11.3 Å². The van der Waals surface area contributed by atoms with Crippen molar-refractivity contribution in [3.63, 3.8) is 0 Å². The van der Waals surface area contributed by atoms with Gasteiger partial charge in [-0.3, -0.25) is 0 Å². The fourth-order valence-corrected chi connectivity index (χ4v) is 3.39. The summed E-state index contributed by atoms with van der Waals surface area (Å²) in [7, 11) is 0. The second-order valence-corrected chi connectivity index (χ2v) is 6.36. The lowest BCUT2D eigenvalue weighted by atomic mass is 9.64. The molecule has 0 aromatic heterocycles. The highest BCUT2D eigenvalue weighted by Gasteiger charge is 2.58. The minimum absolute atomic E-state index is 0.115. The zero-order valence-corrected chi connectivity index (χ0v) is 11.2. The van der Waals surface area contributed by atoms with Gasteiger partial charge in [-0.1, -0.05) is 27.7 Å². The van der Waals surface area contributed by atoms with Crippen LogP contribution in [0.2, 0.25) is 0 Å². The lowest BCUT2D eigenvalue weighted by Gasteiger charge is -2.49. The van der Waals surface area contributed by atoms with E-state index in [4.69, 9.17) is 0 Å². The highest BCUT2D eigenvalue weighted by Crippen LogP contribution is 2.50. The van der Waals surface area contributed by atoms with E-state index in [1.54, 1.807) is 0 Å². The molecule has 1 aliphatic rings. The van der Waals surface area contributed by atoms with Gasteiger partial charge in [-0.25, -0.2) is 0 Å². The zero-order chi connectivity index (χ0) is 13.3. The molecule has 4 heteroatoms. The molecule has 1 fully saturated rings. The summed E-state index contributed by atoms with van der Waals surface area (Å²) >= 11 is 0. The molecule has 0 saturated heterocycles. The lowest BCUT2D eigenvalue weighted by molar-refractivity contribution is -0.219. The van der Waals surface area contributed by atoms with Crippen LogP contribution in [0, 0.1) is 11.3 Å². The third kappa shape index (κ3) is 3.36. The van der Waals surface area contributed by atoms with Crippen molar-refractivity contribution in [1.29, 1.82) is 0 Å². The molecule has 1 aliphatic carbocycles. The van der Waals surface area contributed by atoms with E-state index in [2.05, 4.69) is 5.32 Å². The van der Waals surface area contributed by atoms with Crippen LogP contribution in [0.25, 0.3) is 0 Å². The van der Waals surface area contributed by atoms with Crippen LogP contribution < -0.4 is 5.32 Å². The highest BCUT2D eigenvalue weighted by molar-refractivity contribution is 5.03. The molecule has 102 valence electrons. The number of nitrogens with one attached hydrogen (secondary N) is 1. The molecule has 0 amide bonds. The van der Waals surface area contributed by atoms with Gasteiger partial charge in [0, 0.05) is 0 Å². The standard InChI is InChI=1S/C13H24F3N/c1-5-6-17-12(13(14,15)16)8-10(2)7-11(3,4)9-12/h10,17H,5-9H2,1-4H3. The molecule has 1 rings (SSSR count). The first kappa shape index (κ1) is 14.8. The monoisotopic (exact) mass is 251 g/mol. The Morgan fingerprint density at radius 1 is 1.24 bits per heavy atom. The van der Waals surface area contributed by atoms with Crippen LogP contribution in [-0.2, 0) is 0 Å². The molecule has 0 aromatic carbocycles. The molecule has 0 spiro atoms. The molecule has 1 saturated carbocycles. The summed E-state index contributed by atoms with van der Waals surface area (Å²) in [5.41, 5.74) is -1.92. The Balaban J connectivity index is 2.97. The molecular formula is C13H24F3N. The molecule has 2 unspecified atom stereocenters. The maximum Gasteiger partial charge on any atom is 0.406 e. The predicted molar refractivity (Wildman–Crippen MR) is 63.9 cm³/mol. The van der Waals surface area contributed by atoms with Crippen LogP contribution in [0.15, 0.2) is 0 Å². The minimum atomic E-state index is -4.16. The third-order valence-electron chi connectivity index (χ3n) is 3.63. The molecule has 0 heterocycles. The Hall–Kier alpha value is -0.250. The average Bonchev–Trinajstić information content (AvgIpc) is 2.09. The summed E-state index contributed by atoms with van der Waals surface area (Å²) in [6.07, 6.45) is -2.16. The highest BCUT2D eigenvalue weighted by atomic mass is 19.4. The van der Waals surface area contributed by atoms with Crippen LogP contribution >= 0.6 is 0 Å². The maximum absolute atomic E-state index is 13.4. The molecular weight excluding hydrogens is 227 g/mol. The smallest absolute Gasteiger partial charge is 0.304 e. The Morgan fingerprint density at radius 3 is 2.24 bits per heavy atom. The van der Waals surface area contributed by atoms with E-state index in [1.165, 1.54) is 0 Å². The van der Waals surface area contributed by atoms with Crippen molar-refractivity contribution in [2.75, 3.05) is 6.54 Å². The molecule has 0 bridgehead atoms. The number of alkyl halides is 3. The van der Waals surface area contributed by atoms with E-state index in [0.29, 0.717) is 6.54 Å². The molecule has 2 atom stereocenters. The molecule has 17 heavy (non-hydrogen) atoms. The Morgan fingerprint density at radius 2 is 1.82 bits per heavy atom. The zero-order valence-electron chi connectivity index (χ0n) is 11.2. The first-order valence-corrected chi connectivity index (χ1v) is 6.44. The van der Waals surface area contributed by atoms with Crippen LogP contribution in [0.5, 0.6) is 0 Å². The third-order valence-corrected chi connectivity index (χ3v) is 3.63. The first-order valence-electron chi connectivity index (χ1n) is 6.44. The van der Waals surface area contributed by atoms with Gasteiger partial charge in [0.05, 0.1) is 0 Å². The number of rotatable bonds is 3. The van der Waals surface area contributed by atoms with Crippen LogP contribution in [0.4, 0.5) is 13.2 Å². The fraction of sp³-hybridized carbons (Fsp3) is 1.00. The lowest BCUT2D eigenvalue weighted by Crippen LogP contribution is -2.61. The van der Waals surface area contributed by atoms with Crippen molar-refractivity contribution >= 4 is 0 Å². The summed E-state index contributed by atoms with van der Waals surface area (Å²) < 4.78 is 40.1. The summed E-state index contributed by atoms with van der Waals surface area (Å²) in [5.74, 6) is 0.115. The van der Waals surface area contributed by atoms with Gasteiger partial charge in [-0.2, -0.15) is 13.2 Å². The Labute approximate surface area is 102 Å². The van der Waals surface area contributed by atoms with Gasteiger partial charge in [0.2, 0.25) is 0 Å². The van der Waals surface area contributed by atoms with Crippen LogP contribution in [0.3, 0.4) is 0 Å². The van der Waals surface area contributed by atoms with Crippen LogP contribution in [-0.4, -0.2) is 18.3 Å². The van der Waals surface area contributed by atoms with Gasteiger partial charge in [0.25, 0.3) is 0 Å². The topological polar surface area (TPSA) is 12.0 Å². The van der Waals surface area contributed by atoms with Gasteiger partial charge in [-0.05, 0) is 43.6 Å². The van der Waals surface area contributed by atoms with Gasteiger partial charge >= 0.3 is 6.18 Å². The first-order chi connectivity index (χ1) is 7.62. The molecule has 1 N–H and O–H groups in total. The van der Waals surface area contributed by atoms with Crippen LogP contribution in [0.1, 0.15) is 53.4 Å². The summed E-state index contributed by atoms with van der Waals surface area (Å²) in [4.78, 5) is 0. The van der Waals surface area contributed by atoms with E-state index < -0.39 is 11.7 Å². The maximum atomic E-state index is 13.4. The molecule has 0 aliphatic heterocycles. The summed E-state index contributed by atoms with van der Waals surface area (Å²) in [5, 5.41) is 2.79. The Kier molecular flexibility index (Phi) is 4.17. The van der Waals surface area contributed by atoms with Crippen molar-refractivity contribution in [3.05, 3.63) is 0 Å². The largest absolute Gasteiger partial charge is 0.406 e. The normalized spacial score (nSPS) is 33.7. The predicted octanol–water partition coefficient (Wildman–Crippen LogP) is 4.13.